The van der Waals surface area contributed by atoms with Gasteiger partial charge in [0.15, 0.2) is 5.78 Å². The molecule has 1 fully saturated rings. The van der Waals surface area contributed by atoms with Crippen LogP contribution in [0.2, 0.25) is 0 Å². The molecule has 1 rings (SSSR count). The van der Waals surface area contributed by atoms with Crippen LogP contribution in [0.3, 0.4) is 0 Å². The van der Waals surface area contributed by atoms with Crippen LogP contribution in [-0.4, -0.2) is 23.8 Å². The maximum Gasteiger partial charge on any atom is 0.220 e. The van der Waals surface area contributed by atoms with Gasteiger partial charge in [0.1, 0.15) is 0 Å². The Hall–Kier alpha value is -1.26. The van der Waals surface area contributed by atoms with E-state index in [-0.39, 0.29) is 18.1 Å². The monoisotopic (exact) mass is 184 g/mol. The predicted octanol–water partition coefficient (Wildman–Crippen LogP) is 0.379. The van der Waals surface area contributed by atoms with Gasteiger partial charge in [0.2, 0.25) is 5.91 Å². The van der Waals surface area contributed by atoms with E-state index in [1.54, 1.807) is 6.92 Å². The quantitative estimate of drug-likeness (QED) is 0.641. The van der Waals surface area contributed by atoms with Gasteiger partial charge in [-0.1, -0.05) is 5.18 Å². The fourth-order valence-corrected chi connectivity index (χ4v) is 1.33. The van der Waals surface area contributed by atoms with Gasteiger partial charge in [-0.15, -0.1) is 0 Å². The first-order valence-corrected chi connectivity index (χ1v) is 4.28. The van der Waals surface area contributed by atoms with Crippen molar-refractivity contribution < 1.29 is 9.59 Å². The number of amides is 1. The Bertz CT molecular complexity index is 240. The highest BCUT2D eigenvalue weighted by atomic mass is 16.3. The molecule has 1 N–H and O–H groups in total. The van der Waals surface area contributed by atoms with Crippen molar-refractivity contribution in [3.63, 3.8) is 0 Å². The lowest BCUT2D eigenvalue weighted by atomic mass is 10.0. The molecule has 0 radical (unpaired) electrons. The molecule has 72 valence electrons. The van der Waals surface area contributed by atoms with Crippen LogP contribution in [-0.2, 0) is 9.59 Å². The first-order valence-electron chi connectivity index (χ1n) is 4.28. The smallest absolute Gasteiger partial charge is 0.220 e. The molecule has 0 aromatic heterocycles. The van der Waals surface area contributed by atoms with Crippen LogP contribution >= 0.6 is 0 Å². The second-order valence-electron chi connectivity index (χ2n) is 3.28. The molecule has 0 aromatic carbocycles. The highest BCUT2D eigenvalue weighted by Crippen LogP contribution is 2.11. The molecule has 0 aromatic rings. The van der Waals surface area contributed by atoms with Crippen molar-refractivity contribution >= 4 is 11.7 Å². The van der Waals surface area contributed by atoms with Crippen molar-refractivity contribution in [1.82, 2.24) is 5.32 Å². The molecular formula is C8H12N2O3. The molecule has 2 unspecified atom stereocenters. The van der Waals surface area contributed by atoms with Crippen molar-refractivity contribution in [3.05, 3.63) is 4.91 Å². The van der Waals surface area contributed by atoms with Crippen LogP contribution in [0.5, 0.6) is 0 Å². The van der Waals surface area contributed by atoms with E-state index in [0.717, 1.165) is 0 Å². The van der Waals surface area contributed by atoms with E-state index in [2.05, 4.69) is 10.5 Å². The van der Waals surface area contributed by atoms with Gasteiger partial charge >= 0.3 is 0 Å². The highest BCUT2D eigenvalue weighted by Gasteiger charge is 2.27. The number of carbonyl (C=O) groups excluding carboxylic acids is 2. The third-order valence-corrected chi connectivity index (χ3v) is 2.06. The molecular weight excluding hydrogens is 172 g/mol. The summed E-state index contributed by atoms with van der Waals surface area (Å²) in [7, 11) is 0. The van der Waals surface area contributed by atoms with Crippen LogP contribution in [0.25, 0.3) is 0 Å². The van der Waals surface area contributed by atoms with Gasteiger partial charge in [0.25, 0.3) is 0 Å². The Morgan fingerprint density at radius 3 is 2.92 bits per heavy atom. The summed E-state index contributed by atoms with van der Waals surface area (Å²) in [4.78, 5) is 32.1. The SMILES string of the molecule is CC(CC(=O)C1CCC(=O)N1)N=O. The number of nitrogens with one attached hydrogen (secondary N) is 1. The van der Waals surface area contributed by atoms with Crippen LogP contribution in [0.4, 0.5) is 0 Å². The van der Waals surface area contributed by atoms with E-state index in [1.807, 2.05) is 0 Å². The number of carbonyl (C=O) groups is 2. The minimum atomic E-state index is -0.495. The zero-order chi connectivity index (χ0) is 9.84. The summed E-state index contributed by atoms with van der Waals surface area (Å²) in [6.07, 6.45) is 1.07. The number of hydrogen-bond acceptors (Lipinski definition) is 4. The number of nitrogens with zero attached hydrogens (tertiary/aromatic N) is 1. The van der Waals surface area contributed by atoms with Crippen molar-refractivity contribution in [1.29, 1.82) is 0 Å². The Morgan fingerprint density at radius 1 is 1.77 bits per heavy atom. The van der Waals surface area contributed by atoms with E-state index in [0.29, 0.717) is 12.8 Å². The first kappa shape index (κ1) is 9.83. The van der Waals surface area contributed by atoms with Gasteiger partial charge in [0.05, 0.1) is 12.1 Å². The fraction of sp³-hybridized carbons (Fsp3) is 0.750. The lowest BCUT2D eigenvalue weighted by molar-refractivity contribution is -0.124. The third-order valence-electron chi connectivity index (χ3n) is 2.06. The first-order chi connectivity index (χ1) is 6.13. The molecule has 1 aliphatic heterocycles. The molecule has 1 amide bonds. The minimum Gasteiger partial charge on any atom is -0.346 e. The van der Waals surface area contributed by atoms with Gasteiger partial charge in [-0.3, -0.25) is 9.59 Å². The molecule has 5 heteroatoms. The maximum absolute atomic E-state index is 11.3. The fourth-order valence-electron chi connectivity index (χ4n) is 1.33. The van der Waals surface area contributed by atoms with Gasteiger partial charge in [-0.25, -0.2) is 0 Å². The summed E-state index contributed by atoms with van der Waals surface area (Å²) < 4.78 is 0. The molecule has 0 spiro atoms. The molecule has 1 saturated heterocycles. The van der Waals surface area contributed by atoms with Crippen molar-refractivity contribution in [2.45, 2.75) is 38.3 Å². The molecule has 1 heterocycles. The molecule has 2 atom stereocenters. The molecule has 13 heavy (non-hydrogen) atoms. The summed E-state index contributed by atoms with van der Waals surface area (Å²) in [5.74, 6) is -0.192. The number of rotatable bonds is 4. The summed E-state index contributed by atoms with van der Waals surface area (Å²) in [5.41, 5.74) is 0. The van der Waals surface area contributed by atoms with Gasteiger partial charge in [-0.2, -0.15) is 4.91 Å². The summed E-state index contributed by atoms with van der Waals surface area (Å²) in [6, 6.07) is -0.887. The Kier molecular flexibility index (Phi) is 3.11. The van der Waals surface area contributed by atoms with Crippen molar-refractivity contribution in [2.24, 2.45) is 5.18 Å². The molecule has 0 aliphatic carbocycles. The molecule has 1 aliphatic rings. The van der Waals surface area contributed by atoms with E-state index in [9.17, 15) is 14.5 Å². The molecule has 0 saturated carbocycles. The Balaban J connectivity index is 2.40. The van der Waals surface area contributed by atoms with Gasteiger partial charge in [0, 0.05) is 12.8 Å². The van der Waals surface area contributed by atoms with Crippen molar-refractivity contribution in [2.75, 3.05) is 0 Å². The normalized spacial score (nSPS) is 23.8. The van der Waals surface area contributed by atoms with E-state index in [4.69, 9.17) is 0 Å². The summed E-state index contributed by atoms with van der Waals surface area (Å²) in [6.45, 7) is 1.58. The number of hydrogen-bond donors (Lipinski definition) is 1. The second-order valence-corrected chi connectivity index (χ2v) is 3.28. The lowest BCUT2D eigenvalue weighted by Crippen LogP contribution is -2.34. The number of Topliss-reactive ketones (excluding diaryl/α,β-unsaturated/α-hetero) is 1. The highest BCUT2D eigenvalue weighted by molar-refractivity contribution is 5.92. The topological polar surface area (TPSA) is 75.6 Å². The molecule has 5 nitrogen and oxygen atoms in total. The lowest BCUT2D eigenvalue weighted by Gasteiger charge is -2.08. The molecule has 0 bridgehead atoms. The van der Waals surface area contributed by atoms with Gasteiger partial charge < -0.3 is 5.32 Å². The summed E-state index contributed by atoms with van der Waals surface area (Å²) in [5, 5.41) is 5.29. The predicted molar refractivity (Wildman–Crippen MR) is 46.0 cm³/mol. The largest absolute Gasteiger partial charge is 0.346 e. The van der Waals surface area contributed by atoms with Crippen LogP contribution in [0.15, 0.2) is 5.18 Å². The zero-order valence-corrected chi connectivity index (χ0v) is 7.45. The number of ketones is 1. The second kappa shape index (κ2) is 4.11. The Morgan fingerprint density at radius 2 is 2.46 bits per heavy atom. The van der Waals surface area contributed by atoms with Gasteiger partial charge in [-0.05, 0) is 13.3 Å². The van der Waals surface area contributed by atoms with Crippen molar-refractivity contribution in [3.8, 4) is 0 Å². The number of nitroso groups, excluding NO2 is 1. The van der Waals surface area contributed by atoms with E-state index in [1.165, 1.54) is 0 Å². The standard InChI is InChI=1S/C8H12N2O3/c1-5(10-13)4-7(11)6-2-3-8(12)9-6/h5-6H,2-4H2,1H3,(H,9,12). The third kappa shape index (κ3) is 2.61. The maximum atomic E-state index is 11.3. The van der Waals surface area contributed by atoms with Crippen LogP contribution in [0.1, 0.15) is 26.2 Å². The average Bonchev–Trinajstić information content (AvgIpc) is 2.51. The summed E-state index contributed by atoms with van der Waals surface area (Å²) >= 11 is 0. The van der Waals surface area contributed by atoms with Crippen LogP contribution < -0.4 is 5.32 Å². The van der Waals surface area contributed by atoms with E-state index >= 15 is 0 Å². The Labute approximate surface area is 75.9 Å². The zero-order valence-electron chi connectivity index (χ0n) is 7.45. The van der Waals surface area contributed by atoms with E-state index < -0.39 is 12.1 Å². The van der Waals surface area contributed by atoms with Crippen LogP contribution in [0, 0.1) is 4.91 Å². The average molecular weight is 184 g/mol. The minimum absolute atomic E-state index is 0.0925.